The van der Waals surface area contributed by atoms with Gasteiger partial charge in [-0.2, -0.15) is 0 Å². The average Bonchev–Trinajstić information content (AvgIpc) is 2.47. The number of nitrogens with two attached hydrogens (primary N) is 1. The molecule has 4 nitrogen and oxygen atoms in total. The third-order valence-electron chi connectivity index (χ3n) is 2.94. The molecule has 0 aliphatic heterocycles. The Balaban J connectivity index is 2.32. The number of hydrogen-bond donors (Lipinski definition) is 1. The van der Waals surface area contributed by atoms with Crippen LogP contribution in [0.5, 0.6) is 17.2 Å². The van der Waals surface area contributed by atoms with E-state index >= 15 is 0 Å². The molecule has 0 unspecified atom stereocenters. The Bertz CT molecular complexity index is 623. The van der Waals surface area contributed by atoms with Crippen LogP contribution in [-0.4, -0.2) is 13.0 Å². The molecule has 0 spiro atoms. The van der Waals surface area contributed by atoms with Crippen LogP contribution in [0.1, 0.15) is 22.8 Å². The zero-order chi connectivity index (χ0) is 14.5. The Labute approximate surface area is 118 Å². The second kappa shape index (κ2) is 6.10. The van der Waals surface area contributed by atoms with Gasteiger partial charge in [0.2, 0.25) is 5.91 Å². The quantitative estimate of drug-likeness (QED) is 0.908. The summed E-state index contributed by atoms with van der Waals surface area (Å²) in [5, 5.41) is 0. The molecule has 104 valence electrons. The van der Waals surface area contributed by atoms with Crippen LogP contribution in [0, 0.1) is 0 Å². The van der Waals surface area contributed by atoms with Gasteiger partial charge in [0.25, 0.3) is 0 Å². The lowest BCUT2D eigenvalue weighted by atomic mass is 10.1. The molecule has 2 rings (SSSR count). The summed E-state index contributed by atoms with van der Waals surface area (Å²) in [6.45, 7) is 2.01. The molecule has 0 atom stereocenters. The van der Waals surface area contributed by atoms with Gasteiger partial charge in [-0.05, 0) is 42.3 Å². The summed E-state index contributed by atoms with van der Waals surface area (Å²) in [6.07, 6.45) is 0.801. The van der Waals surface area contributed by atoms with Crippen LogP contribution in [0.4, 0.5) is 0 Å². The number of primary amides is 1. The van der Waals surface area contributed by atoms with Gasteiger partial charge in [0.15, 0.2) is 0 Å². The molecule has 0 saturated heterocycles. The van der Waals surface area contributed by atoms with E-state index in [0.717, 1.165) is 12.0 Å². The maximum atomic E-state index is 11.3. The molecule has 4 heteroatoms. The number of carbonyl (C=O) groups is 1. The molecule has 0 fully saturated rings. The Morgan fingerprint density at radius 3 is 2.50 bits per heavy atom. The summed E-state index contributed by atoms with van der Waals surface area (Å²) in [4.78, 5) is 11.3. The molecule has 0 aliphatic carbocycles. The number of ether oxygens (including phenoxy) is 2. The zero-order valence-corrected chi connectivity index (χ0v) is 11.6. The molecular weight excluding hydrogens is 254 g/mol. The number of methoxy groups -OCH3 is 1. The van der Waals surface area contributed by atoms with Crippen LogP contribution in [0.15, 0.2) is 42.5 Å². The monoisotopic (exact) mass is 271 g/mol. The lowest BCUT2D eigenvalue weighted by Crippen LogP contribution is -2.11. The fraction of sp³-hybridized carbons (Fsp3) is 0.188. The largest absolute Gasteiger partial charge is 0.497 e. The van der Waals surface area contributed by atoms with Gasteiger partial charge in [0, 0.05) is 11.6 Å². The van der Waals surface area contributed by atoms with Crippen LogP contribution in [0.2, 0.25) is 0 Å². The van der Waals surface area contributed by atoms with Gasteiger partial charge in [0.05, 0.1) is 7.11 Å². The molecule has 0 saturated carbocycles. The molecule has 0 radical (unpaired) electrons. The zero-order valence-electron chi connectivity index (χ0n) is 11.6. The number of amides is 1. The first-order chi connectivity index (χ1) is 9.62. The highest BCUT2D eigenvalue weighted by Crippen LogP contribution is 2.27. The van der Waals surface area contributed by atoms with Gasteiger partial charge in [-0.15, -0.1) is 0 Å². The van der Waals surface area contributed by atoms with Crippen molar-refractivity contribution in [1.29, 1.82) is 0 Å². The molecule has 0 aliphatic rings. The second-order valence-electron chi connectivity index (χ2n) is 4.36. The molecule has 2 aromatic rings. The van der Waals surface area contributed by atoms with Crippen LogP contribution in [0.25, 0.3) is 0 Å². The van der Waals surface area contributed by atoms with E-state index < -0.39 is 5.91 Å². The Morgan fingerprint density at radius 2 is 1.85 bits per heavy atom. The van der Waals surface area contributed by atoms with Gasteiger partial charge in [-0.25, -0.2) is 0 Å². The van der Waals surface area contributed by atoms with Crippen molar-refractivity contribution in [3.05, 3.63) is 53.6 Å². The normalized spacial score (nSPS) is 10.1. The number of aryl methyl sites for hydroxylation is 1. The number of rotatable bonds is 5. The smallest absolute Gasteiger partial charge is 0.248 e. The van der Waals surface area contributed by atoms with E-state index in [9.17, 15) is 4.79 Å². The fourth-order valence-electron chi connectivity index (χ4n) is 1.87. The summed E-state index contributed by atoms with van der Waals surface area (Å²) in [5.41, 5.74) is 6.78. The third-order valence-corrected chi connectivity index (χ3v) is 2.94. The molecule has 20 heavy (non-hydrogen) atoms. The van der Waals surface area contributed by atoms with E-state index in [4.69, 9.17) is 15.2 Å². The molecule has 0 aromatic heterocycles. The van der Waals surface area contributed by atoms with Crippen molar-refractivity contribution in [2.45, 2.75) is 13.3 Å². The van der Waals surface area contributed by atoms with Crippen molar-refractivity contribution in [1.82, 2.24) is 0 Å². The predicted octanol–water partition coefficient (Wildman–Crippen LogP) is 3.15. The third kappa shape index (κ3) is 3.29. The SMILES string of the molecule is CCc1cc(Oc2cccc(OC)c2)cc(C(N)=O)c1. The average molecular weight is 271 g/mol. The first-order valence-corrected chi connectivity index (χ1v) is 6.38. The predicted molar refractivity (Wildman–Crippen MR) is 77.4 cm³/mol. The van der Waals surface area contributed by atoms with Crippen LogP contribution < -0.4 is 15.2 Å². The first-order valence-electron chi connectivity index (χ1n) is 6.38. The van der Waals surface area contributed by atoms with Crippen molar-refractivity contribution >= 4 is 5.91 Å². The van der Waals surface area contributed by atoms with Gasteiger partial charge in [-0.1, -0.05) is 13.0 Å². The van der Waals surface area contributed by atoms with Crippen molar-refractivity contribution in [2.75, 3.05) is 7.11 Å². The summed E-state index contributed by atoms with van der Waals surface area (Å²) in [7, 11) is 1.60. The summed E-state index contributed by atoms with van der Waals surface area (Å²) in [6, 6.07) is 12.6. The van der Waals surface area contributed by atoms with E-state index in [1.54, 1.807) is 25.3 Å². The Kier molecular flexibility index (Phi) is 4.25. The van der Waals surface area contributed by atoms with Gasteiger partial charge >= 0.3 is 0 Å². The molecule has 2 aromatic carbocycles. The topological polar surface area (TPSA) is 61.6 Å². The minimum Gasteiger partial charge on any atom is -0.497 e. The van der Waals surface area contributed by atoms with E-state index in [1.165, 1.54) is 0 Å². The maximum absolute atomic E-state index is 11.3. The number of benzene rings is 2. The molecule has 0 heterocycles. The summed E-state index contributed by atoms with van der Waals surface area (Å²) < 4.78 is 10.9. The molecule has 0 bridgehead atoms. The van der Waals surface area contributed by atoms with Gasteiger partial charge in [0.1, 0.15) is 17.2 Å². The van der Waals surface area contributed by atoms with Gasteiger partial charge in [-0.3, -0.25) is 4.79 Å². The lowest BCUT2D eigenvalue weighted by molar-refractivity contribution is 0.1000. The molecule has 1 amide bonds. The minimum absolute atomic E-state index is 0.447. The molecule has 2 N–H and O–H groups in total. The van der Waals surface area contributed by atoms with Gasteiger partial charge < -0.3 is 15.2 Å². The van der Waals surface area contributed by atoms with Crippen LogP contribution in [0.3, 0.4) is 0 Å². The summed E-state index contributed by atoms with van der Waals surface area (Å²) in [5.74, 6) is 1.49. The van der Waals surface area contributed by atoms with E-state index in [2.05, 4.69) is 0 Å². The Morgan fingerprint density at radius 1 is 1.10 bits per heavy atom. The van der Waals surface area contributed by atoms with E-state index in [1.807, 2.05) is 31.2 Å². The number of hydrogen-bond acceptors (Lipinski definition) is 3. The van der Waals surface area contributed by atoms with Crippen molar-refractivity contribution in [2.24, 2.45) is 5.73 Å². The highest BCUT2D eigenvalue weighted by molar-refractivity contribution is 5.93. The maximum Gasteiger partial charge on any atom is 0.248 e. The molecular formula is C16H17NO3. The lowest BCUT2D eigenvalue weighted by Gasteiger charge is -2.10. The highest BCUT2D eigenvalue weighted by atomic mass is 16.5. The summed E-state index contributed by atoms with van der Waals surface area (Å²) >= 11 is 0. The van der Waals surface area contributed by atoms with E-state index in [0.29, 0.717) is 22.8 Å². The number of carbonyl (C=O) groups excluding carboxylic acids is 1. The van der Waals surface area contributed by atoms with Crippen LogP contribution in [-0.2, 0) is 6.42 Å². The van der Waals surface area contributed by atoms with Crippen LogP contribution >= 0.6 is 0 Å². The highest BCUT2D eigenvalue weighted by Gasteiger charge is 2.07. The van der Waals surface area contributed by atoms with Crippen molar-refractivity contribution < 1.29 is 14.3 Å². The van der Waals surface area contributed by atoms with Crippen molar-refractivity contribution in [3.63, 3.8) is 0 Å². The first kappa shape index (κ1) is 13.9. The fourth-order valence-corrected chi connectivity index (χ4v) is 1.87. The Hall–Kier alpha value is -2.49. The standard InChI is InChI=1S/C16H17NO3/c1-3-11-7-12(16(17)18)9-15(8-11)20-14-6-4-5-13(10-14)19-2/h4-10H,3H2,1-2H3,(H2,17,18). The van der Waals surface area contributed by atoms with Crippen molar-refractivity contribution in [3.8, 4) is 17.2 Å². The second-order valence-corrected chi connectivity index (χ2v) is 4.36. The minimum atomic E-state index is -0.462. The van der Waals surface area contributed by atoms with E-state index in [-0.39, 0.29) is 0 Å².